The van der Waals surface area contributed by atoms with Crippen LogP contribution in [0.3, 0.4) is 0 Å². The summed E-state index contributed by atoms with van der Waals surface area (Å²) in [4.78, 5) is 12.0. The topological polar surface area (TPSA) is 67.8 Å². The Morgan fingerprint density at radius 3 is 2.74 bits per heavy atom. The highest BCUT2D eigenvalue weighted by Gasteiger charge is 2.27. The van der Waals surface area contributed by atoms with Gasteiger partial charge >= 0.3 is 0 Å². The quantitative estimate of drug-likeness (QED) is 0.852. The van der Waals surface area contributed by atoms with Gasteiger partial charge in [-0.25, -0.2) is 0 Å². The fourth-order valence-corrected chi connectivity index (χ4v) is 2.39. The molecule has 5 heteroatoms. The molecule has 0 aromatic heterocycles. The van der Waals surface area contributed by atoms with Gasteiger partial charge in [0, 0.05) is 12.1 Å². The van der Waals surface area contributed by atoms with E-state index in [1.807, 2.05) is 0 Å². The van der Waals surface area contributed by atoms with Gasteiger partial charge in [-0.1, -0.05) is 0 Å². The summed E-state index contributed by atoms with van der Waals surface area (Å²) in [6.07, 6.45) is 1.37. The number of fused-ring (bicyclic) bond motifs is 1. The van der Waals surface area contributed by atoms with Gasteiger partial charge in [0.05, 0.1) is 6.10 Å². The summed E-state index contributed by atoms with van der Waals surface area (Å²) in [5.74, 6) is 1.59. The lowest BCUT2D eigenvalue weighted by molar-refractivity contribution is 0.0420. The third kappa shape index (κ3) is 2.66. The van der Waals surface area contributed by atoms with Crippen LogP contribution in [-0.2, 0) is 0 Å². The van der Waals surface area contributed by atoms with Crippen molar-refractivity contribution in [2.45, 2.75) is 18.9 Å². The second-order valence-corrected chi connectivity index (χ2v) is 5.06. The molecule has 1 amide bonds. The number of carbonyl (C=O) groups excluding carboxylic acids is 1. The first-order valence-corrected chi connectivity index (χ1v) is 6.58. The molecule has 0 saturated heterocycles. The average molecular weight is 263 g/mol. The Labute approximate surface area is 111 Å². The van der Waals surface area contributed by atoms with Crippen LogP contribution in [0, 0.1) is 5.92 Å². The van der Waals surface area contributed by atoms with Crippen molar-refractivity contribution >= 4 is 5.91 Å². The lowest BCUT2D eigenvalue weighted by atomic mass is 9.82. The minimum atomic E-state index is -0.184. The van der Waals surface area contributed by atoms with Gasteiger partial charge in [-0.05, 0) is 37.0 Å². The van der Waals surface area contributed by atoms with Crippen molar-refractivity contribution in [1.29, 1.82) is 0 Å². The van der Waals surface area contributed by atoms with Crippen molar-refractivity contribution in [2.75, 3.05) is 19.8 Å². The van der Waals surface area contributed by atoms with Crippen molar-refractivity contribution in [3.63, 3.8) is 0 Å². The molecule has 1 fully saturated rings. The van der Waals surface area contributed by atoms with Gasteiger partial charge in [0.15, 0.2) is 11.5 Å². The zero-order valence-electron chi connectivity index (χ0n) is 10.6. The number of hydrogen-bond acceptors (Lipinski definition) is 4. The monoisotopic (exact) mass is 263 g/mol. The molecule has 1 aliphatic carbocycles. The van der Waals surface area contributed by atoms with Crippen LogP contribution in [0.4, 0.5) is 0 Å². The van der Waals surface area contributed by atoms with Crippen molar-refractivity contribution < 1.29 is 19.4 Å². The molecular formula is C14H17NO4. The smallest absolute Gasteiger partial charge is 0.251 e. The van der Waals surface area contributed by atoms with Crippen molar-refractivity contribution in [3.8, 4) is 11.5 Å². The summed E-state index contributed by atoms with van der Waals surface area (Å²) in [7, 11) is 0. The van der Waals surface area contributed by atoms with Crippen LogP contribution < -0.4 is 14.8 Å². The minimum absolute atomic E-state index is 0.113. The van der Waals surface area contributed by atoms with Gasteiger partial charge < -0.3 is 19.9 Å². The second-order valence-electron chi connectivity index (χ2n) is 5.06. The van der Waals surface area contributed by atoms with E-state index in [9.17, 15) is 9.90 Å². The zero-order valence-corrected chi connectivity index (χ0v) is 10.6. The van der Waals surface area contributed by atoms with E-state index in [1.165, 1.54) is 0 Å². The molecule has 0 radical (unpaired) electrons. The summed E-state index contributed by atoms with van der Waals surface area (Å²) < 4.78 is 10.9. The van der Waals surface area contributed by atoms with E-state index in [0.29, 0.717) is 42.7 Å². The number of benzene rings is 1. The van der Waals surface area contributed by atoms with Crippen LogP contribution in [0.15, 0.2) is 18.2 Å². The second kappa shape index (κ2) is 5.09. The van der Waals surface area contributed by atoms with E-state index in [2.05, 4.69) is 5.32 Å². The van der Waals surface area contributed by atoms with E-state index >= 15 is 0 Å². The number of nitrogens with one attached hydrogen (secondary N) is 1. The highest BCUT2D eigenvalue weighted by Crippen LogP contribution is 2.31. The molecule has 19 heavy (non-hydrogen) atoms. The van der Waals surface area contributed by atoms with Gasteiger partial charge in [0.1, 0.15) is 13.2 Å². The van der Waals surface area contributed by atoms with Crippen LogP contribution in [0.2, 0.25) is 0 Å². The van der Waals surface area contributed by atoms with Gasteiger partial charge in [0.25, 0.3) is 5.91 Å². The maximum Gasteiger partial charge on any atom is 0.251 e. The molecule has 0 bridgehead atoms. The highest BCUT2D eigenvalue weighted by molar-refractivity contribution is 5.94. The first kappa shape index (κ1) is 12.3. The molecule has 0 unspecified atom stereocenters. The van der Waals surface area contributed by atoms with E-state index in [0.717, 1.165) is 12.8 Å². The molecule has 2 N–H and O–H groups in total. The highest BCUT2D eigenvalue weighted by atomic mass is 16.6. The van der Waals surface area contributed by atoms with Gasteiger partial charge in [0.2, 0.25) is 0 Å². The first-order valence-electron chi connectivity index (χ1n) is 6.58. The maximum absolute atomic E-state index is 12.0. The Kier molecular flexibility index (Phi) is 3.29. The summed E-state index contributed by atoms with van der Waals surface area (Å²) in [6.45, 7) is 1.67. The van der Waals surface area contributed by atoms with Crippen molar-refractivity contribution in [2.24, 2.45) is 5.92 Å². The minimum Gasteiger partial charge on any atom is -0.486 e. The Morgan fingerprint density at radius 2 is 2.00 bits per heavy atom. The number of aliphatic hydroxyl groups is 1. The third-order valence-corrected chi connectivity index (χ3v) is 3.57. The van der Waals surface area contributed by atoms with Gasteiger partial charge in [-0.15, -0.1) is 0 Å². The number of ether oxygens (including phenoxy) is 2. The molecule has 0 atom stereocenters. The fourth-order valence-electron chi connectivity index (χ4n) is 2.39. The van der Waals surface area contributed by atoms with E-state index in [4.69, 9.17) is 9.47 Å². The van der Waals surface area contributed by atoms with Crippen LogP contribution in [0.5, 0.6) is 11.5 Å². The molecule has 1 heterocycles. The summed E-state index contributed by atoms with van der Waals surface area (Å²) in [5.41, 5.74) is 0.573. The van der Waals surface area contributed by atoms with Crippen LogP contribution in [-0.4, -0.2) is 36.9 Å². The fraction of sp³-hybridized carbons (Fsp3) is 0.500. The Hall–Kier alpha value is -1.75. The summed E-state index contributed by atoms with van der Waals surface area (Å²) >= 11 is 0. The lowest BCUT2D eigenvalue weighted by Crippen LogP contribution is -2.38. The number of amides is 1. The maximum atomic E-state index is 12.0. The number of aliphatic hydroxyl groups excluding tert-OH is 1. The Balaban J connectivity index is 1.60. The molecule has 2 aliphatic rings. The average Bonchev–Trinajstić information content (AvgIpc) is 2.41. The molecule has 0 spiro atoms. The predicted octanol–water partition coefficient (Wildman–Crippen LogP) is 0.959. The van der Waals surface area contributed by atoms with E-state index < -0.39 is 0 Å². The molecular weight excluding hydrogens is 246 g/mol. The molecule has 3 rings (SSSR count). The molecule has 1 aliphatic heterocycles. The zero-order chi connectivity index (χ0) is 13.2. The van der Waals surface area contributed by atoms with Crippen LogP contribution in [0.1, 0.15) is 23.2 Å². The largest absolute Gasteiger partial charge is 0.486 e. The molecule has 1 saturated carbocycles. The first-order chi connectivity index (χ1) is 9.22. The third-order valence-electron chi connectivity index (χ3n) is 3.57. The lowest BCUT2D eigenvalue weighted by Gasteiger charge is -2.31. The van der Waals surface area contributed by atoms with Gasteiger partial charge in [-0.2, -0.15) is 0 Å². The molecule has 102 valence electrons. The Morgan fingerprint density at radius 1 is 1.26 bits per heavy atom. The Bertz CT molecular complexity index is 482. The van der Waals surface area contributed by atoms with Crippen LogP contribution in [0.25, 0.3) is 0 Å². The number of rotatable bonds is 3. The normalized spacial score (nSPS) is 24.5. The predicted molar refractivity (Wildman–Crippen MR) is 68.5 cm³/mol. The summed E-state index contributed by atoms with van der Waals surface area (Å²) in [5, 5.41) is 12.1. The molecule has 5 nitrogen and oxygen atoms in total. The standard InChI is InChI=1S/C14H17NO4/c16-11-5-9(6-11)8-15-14(17)10-1-2-12-13(7-10)19-4-3-18-12/h1-2,7,9,11,16H,3-6,8H2,(H,15,17). The molecule has 1 aromatic rings. The van der Waals surface area contributed by atoms with E-state index in [-0.39, 0.29) is 12.0 Å². The molecule has 1 aromatic carbocycles. The van der Waals surface area contributed by atoms with E-state index in [1.54, 1.807) is 18.2 Å². The number of carbonyl (C=O) groups is 1. The summed E-state index contributed by atoms with van der Waals surface area (Å²) in [6, 6.07) is 5.20. The SMILES string of the molecule is O=C(NCC1CC(O)C1)c1ccc2c(c1)OCCO2. The van der Waals surface area contributed by atoms with Gasteiger partial charge in [-0.3, -0.25) is 4.79 Å². The van der Waals surface area contributed by atoms with Crippen molar-refractivity contribution in [3.05, 3.63) is 23.8 Å². The van der Waals surface area contributed by atoms with Crippen molar-refractivity contribution in [1.82, 2.24) is 5.32 Å². The van der Waals surface area contributed by atoms with Crippen LogP contribution >= 0.6 is 0 Å². The number of hydrogen-bond donors (Lipinski definition) is 2.